The van der Waals surface area contributed by atoms with Gasteiger partial charge in [-0.15, -0.1) is 0 Å². The van der Waals surface area contributed by atoms with E-state index in [-0.39, 0.29) is 16.8 Å². The van der Waals surface area contributed by atoms with E-state index in [1.54, 1.807) is 30.3 Å². The Morgan fingerprint density at radius 3 is 2.00 bits per heavy atom. The standard InChI is InChI=1S/C20H14F3N3O2/c21-20(22,23)16-8-4-5-9-17(16)26-19(28)14-10-13(11-24-12-14)18(27)25-15-6-2-1-3-7-15/h1-12H,(H,25,27)(H,26,28). The molecule has 0 saturated carbocycles. The van der Waals surface area contributed by atoms with Crippen LogP contribution in [0.1, 0.15) is 26.3 Å². The lowest BCUT2D eigenvalue weighted by Gasteiger charge is -2.13. The van der Waals surface area contributed by atoms with Crippen LogP contribution in [0, 0.1) is 0 Å². The van der Waals surface area contributed by atoms with Crippen molar-refractivity contribution in [3.8, 4) is 0 Å². The molecule has 2 amide bonds. The maximum atomic E-state index is 13.1. The molecule has 8 heteroatoms. The number of rotatable bonds is 4. The molecule has 0 fully saturated rings. The molecule has 0 unspecified atom stereocenters. The maximum Gasteiger partial charge on any atom is 0.418 e. The molecule has 0 aliphatic carbocycles. The number of carbonyl (C=O) groups is 2. The van der Waals surface area contributed by atoms with Crippen LogP contribution < -0.4 is 10.6 Å². The first kappa shape index (κ1) is 19.1. The van der Waals surface area contributed by atoms with E-state index in [1.807, 2.05) is 0 Å². The molecule has 3 rings (SSSR count). The molecule has 3 aromatic rings. The molecule has 2 N–H and O–H groups in total. The number of halogens is 3. The zero-order chi connectivity index (χ0) is 20.1. The quantitative estimate of drug-likeness (QED) is 0.689. The van der Waals surface area contributed by atoms with Crippen molar-refractivity contribution in [3.63, 3.8) is 0 Å². The van der Waals surface area contributed by atoms with E-state index in [4.69, 9.17) is 0 Å². The van der Waals surface area contributed by atoms with Crippen molar-refractivity contribution in [3.05, 3.63) is 89.7 Å². The molecule has 1 aromatic heterocycles. The van der Waals surface area contributed by atoms with Gasteiger partial charge in [0.05, 0.1) is 22.4 Å². The Kier molecular flexibility index (Phi) is 5.39. The summed E-state index contributed by atoms with van der Waals surface area (Å²) >= 11 is 0. The van der Waals surface area contributed by atoms with Gasteiger partial charge in [0.1, 0.15) is 0 Å². The highest BCUT2D eigenvalue weighted by atomic mass is 19.4. The smallest absolute Gasteiger partial charge is 0.322 e. The molecular formula is C20H14F3N3O2. The van der Waals surface area contributed by atoms with E-state index in [0.717, 1.165) is 12.1 Å². The van der Waals surface area contributed by atoms with Crippen molar-refractivity contribution in [1.82, 2.24) is 4.98 Å². The third-order valence-corrected chi connectivity index (χ3v) is 3.77. The molecule has 0 saturated heterocycles. The Morgan fingerprint density at radius 1 is 0.786 bits per heavy atom. The van der Waals surface area contributed by atoms with Gasteiger partial charge in [-0.2, -0.15) is 13.2 Å². The van der Waals surface area contributed by atoms with Gasteiger partial charge in [0.15, 0.2) is 0 Å². The first-order valence-electron chi connectivity index (χ1n) is 8.13. The summed E-state index contributed by atoms with van der Waals surface area (Å²) in [5.41, 5.74) is -0.729. The van der Waals surface area contributed by atoms with Crippen LogP contribution in [-0.2, 0) is 6.18 Å². The normalized spacial score (nSPS) is 11.0. The van der Waals surface area contributed by atoms with Crippen LogP contribution in [0.15, 0.2) is 73.1 Å². The van der Waals surface area contributed by atoms with Crippen LogP contribution in [-0.4, -0.2) is 16.8 Å². The fraction of sp³-hybridized carbons (Fsp3) is 0.0500. The van der Waals surface area contributed by atoms with E-state index in [0.29, 0.717) is 5.69 Å². The first-order valence-corrected chi connectivity index (χ1v) is 8.13. The molecule has 0 atom stereocenters. The van der Waals surface area contributed by atoms with Gasteiger partial charge in [0, 0.05) is 18.1 Å². The van der Waals surface area contributed by atoms with Crippen molar-refractivity contribution in [2.24, 2.45) is 0 Å². The lowest BCUT2D eigenvalue weighted by atomic mass is 10.1. The summed E-state index contributed by atoms with van der Waals surface area (Å²) in [6.45, 7) is 0. The number of nitrogens with zero attached hydrogens (tertiary/aromatic N) is 1. The maximum absolute atomic E-state index is 13.1. The second kappa shape index (κ2) is 7.91. The van der Waals surface area contributed by atoms with Crippen molar-refractivity contribution >= 4 is 23.2 Å². The van der Waals surface area contributed by atoms with Crippen LogP contribution in [0.5, 0.6) is 0 Å². The summed E-state index contributed by atoms with van der Waals surface area (Å²) in [6.07, 6.45) is -2.18. The van der Waals surface area contributed by atoms with Crippen LogP contribution in [0.3, 0.4) is 0 Å². The largest absolute Gasteiger partial charge is 0.418 e. The molecule has 1 heterocycles. The lowest BCUT2D eigenvalue weighted by molar-refractivity contribution is -0.136. The number of amides is 2. The minimum atomic E-state index is -4.61. The van der Waals surface area contributed by atoms with Crippen molar-refractivity contribution in [2.45, 2.75) is 6.18 Å². The summed E-state index contributed by atoms with van der Waals surface area (Å²) in [6, 6.07) is 14.6. The predicted molar refractivity (Wildman–Crippen MR) is 98.0 cm³/mol. The van der Waals surface area contributed by atoms with Crippen LogP contribution in [0.4, 0.5) is 24.5 Å². The summed E-state index contributed by atoms with van der Waals surface area (Å²) in [4.78, 5) is 28.5. The number of hydrogen-bond acceptors (Lipinski definition) is 3. The summed E-state index contributed by atoms with van der Waals surface area (Å²) < 4.78 is 39.2. The number of pyridine rings is 1. The second-order valence-electron chi connectivity index (χ2n) is 5.78. The van der Waals surface area contributed by atoms with Crippen LogP contribution in [0.25, 0.3) is 0 Å². The minimum absolute atomic E-state index is 0.0438. The van der Waals surface area contributed by atoms with Crippen LogP contribution >= 0.6 is 0 Å². The summed E-state index contributed by atoms with van der Waals surface area (Å²) in [7, 11) is 0. The van der Waals surface area contributed by atoms with Crippen molar-refractivity contribution in [2.75, 3.05) is 10.6 Å². The second-order valence-corrected chi connectivity index (χ2v) is 5.78. The van der Waals surface area contributed by atoms with E-state index in [2.05, 4.69) is 15.6 Å². The summed E-state index contributed by atoms with van der Waals surface area (Å²) in [5, 5.41) is 4.86. The number of nitrogens with one attached hydrogen (secondary N) is 2. The highest BCUT2D eigenvalue weighted by Crippen LogP contribution is 2.34. The van der Waals surface area contributed by atoms with Gasteiger partial charge in [-0.05, 0) is 30.3 Å². The lowest BCUT2D eigenvalue weighted by Crippen LogP contribution is -2.18. The molecule has 0 aliphatic rings. The molecule has 0 radical (unpaired) electrons. The fourth-order valence-corrected chi connectivity index (χ4v) is 2.45. The van der Waals surface area contributed by atoms with Crippen LogP contribution in [0.2, 0.25) is 0 Å². The van der Waals surface area contributed by atoms with Gasteiger partial charge in [-0.3, -0.25) is 14.6 Å². The van der Waals surface area contributed by atoms with Gasteiger partial charge in [-0.25, -0.2) is 0 Å². The summed E-state index contributed by atoms with van der Waals surface area (Å²) in [5.74, 6) is -1.30. The van der Waals surface area contributed by atoms with Gasteiger partial charge < -0.3 is 10.6 Å². The number of anilines is 2. The number of aromatic nitrogens is 1. The molecule has 0 bridgehead atoms. The Morgan fingerprint density at radius 2 is 1.36 bits per heavy atom. The van der Waals surface area contributed by atoms with E-state index in [1.165, 1.54) is 30.6 Å². The fourth-order valence-electron chi connectivity index (χ4n) is 2.45. The zero-order valence-electron chi connectivity index (χ0n) is 14.3. The number of carbonyl (C=O) groups excluding carboxylic acids is 2. The van der Waals surface area contributed by atoms with Crippen molar-refractivity contribution in [1.29, 1.82) is 0 Å². The monoisotopic (exact) mass is 385 g/mol. The topological polar surface area (TPSA) is 71.1 Å². The average Bonchev–Trinajstić information content (AvgIpc) is 2.68. The number of hydrogen-bond donors (Lipinski definition) is 2. The molecule has 142 valence electrons. The predicted octanol–water partition coefficient (Wildman–Crippen LogP) is 4.61. The molecule has 28 heavy (non-hydrogen) atoms. The van der Waals surface area contributed by atoms with Gasteiger partial charge in [-0.1, -0.05) is 30.3 Å². The molecule has 0 spiro atoms. The zero-order valence-corrected chi connectivity index (χ0v) is 14.3. The Bertz CT molecular complexity index is 1000. The Labute approximate surface area is 158 Å². The van der Waals surface area contributed by atoms with Crippen molar-refractivity contribution < 1.29 is 22.8 Å². The first-order chi connectivity index (χ1) is 13.3. The SMILES string of the molecule is O=C(Nc1ccccc1)c1cncc(C(=O)Nc2ccccc2C(F)(F)F)c1. The number of para-hydroxylation sites is 2. The van der Waals surface area contributed by atoms with E-state index in [9.17, 15) is 22.8 Å². The van der Waals surface area contributed by atoms with E-state index < -0.39 is 23.6 Å². The third kappa shape index (κ3) is 4.53. The van der Waals surface area contributed by atoms with Gasteiger partial charge in [0.25, 0.3) is 11.8 Å². The Hall–Kier alpha value is -3.68. The highest BCUT2D eigenvalue weighted by Gasteiger charge is 2.33. The number of benzene rings is 2. The molecule has 5 nitrogen and oxygen atoms in total. The molecule has 0 aliphatic heterocycles. The molecular weight excluding hydrogens is 371 g/mol. The minimum Gasteiger partial charge on any atom is -0.322 e. The van der Waals surface area contributed by atoms with Gasteiger partial charge in [0.2, 0.25) is 0 Å². The highest BCUT2D eigenvalue weighted by molar-refractivity contribution is 6.08. The third-order valence-electron chi connectivity index (χ3n) is 3.77. The van der Waals surface area contributed by atoms with E-state index >= 15 is 0 Å². The average molecular weight is 385 g/mol. The number of alkyl halides is 3. The Balaban J connectivity index is 1.79. The molecule has 2 aromatic carbocycles. The van der Waals surface area contributed by atoms with Gasteiger partial charge >= 0.3 is 6.18 Å².